The van der Waals surface area contributed by atoms with Crippen LogP contribution in [0, 0.1) is 0 Å². The molecular weight excluding hydrogens is 200 g/mol. The van der Waals surface area contributed by atoms with Gasteiger partial charge in [0.1, 0.15) is 11.9 Å². The molecule has 0 bridgehead atoms. The number of hydrogen-bond donors (Lipinski definition) is 1. The standard InChI is InChI=1S/C12H16N4/c1-2-8-16-9-7-15-12(16)11(13)10-5-3-4-6-14-10/h3-7,9,11H,2,8,13H2,1H3. The number of aromatic nitrogens is 3. The van der Waals surface area contributed by atoms with Crippen LogP contribution in [0.4, 0.5) is 0 Å². The number of aryl methyl sites for hydroxylation is 1. The third-order valence-electron chi connectivity index (χ3n) is 2.50. The lowest BCUT2D eigenvalue weighted by molar-refractivity contribution is 0.607. The summed E-state index contributed by atoms with van der Waals surface area (Å²) in [7, 11) is 0. The first-order chi connectivity index (χ1) is 7.83. The molecule has 0 amide bonds. The van der Waals surface area contributed by atoms with Crippen molar-refractivity contribution in [2.45, 2.75) is 25.9 Å². The molecular formula is C12H16N4. The summed E-state index contributed by atoms with van der Waals surface area (Å²) in [6, 6.07) is 5.50. The van der Waals surface area contributed by atoms with Crippen LogP contribution in [0.3, 0.4) is 0 Å². The molecule has 84 valence electrons. The fourth-order valence-corrected chi connectivity index (χ4v) is 1.72. The zero-order valence-electron chi connectivity index (χ0n) is 9.37. The number of nitrogens with zero attached hydrogens (tertiary/aromatic N) is 3. The Bertz CT molecular complexity index is 435. The second-order valence-electron chi connectivity index (χ2n) is 3.71. The molecule has 1 unspecified atom stereocenters. The van der Waals surface area contributed by atoms with Crippen LogP contribution < -0.4 is 5.73 Å². The van der Waals surface area contributed by atoms with E-state index in [0.717, 1.165) is 24.5 Å². The van der Waals surface area contributed by atoms with E-state index in [1.807, 2.05) is 24.4 Å². The van der Waals surface area contributed by atoms with Gasteiger partial charge < -0.3 is 10.3 Å². The molecule has 0 aliphatic heterocycles. The number of rotatable bonds is 4. The maximum atomic E-state index is 6.15. The molecule has 4 nitrogen and oxygen atoms in total. The summed E-state index contributed by atoms with van der Waals surface area (Å²) >= 11 is 0. The maximum Gasteiger partial charge on any atom is 0.131 e. The highest BCUT2D eigenvalue weighted by molar-refractivity contribution is 5.17. The van der Waals surface area contributed by atoms with Crippen LogP contribution in [0.1, 0.15) is 30.9 Å². The Morgan fingerprint density at radius 1 is 1.31 bits per heavy atom. The Labute approximate surface area is 95.1 Å². The van der Waals surface area contributed by atoms with Crippen molar-refractivity contribution in [1.82, 2.24) is 14.5 Å². The minimum atomic E-state index is -0.247. The van der Waals surface area contributed by atoms with Gasteiger partial charge in [0.15, 0.2) is 0 Å². The minimum Gasteiger partial charge on any atom is -0.333 e. The van der Waals surface area contributed by atoms with Gasteiger partial charge in [-0.1, -0.05) is 13.0 Å². The first-order valence-electron chi connectivity index (χ1n) is 5.50. The molecule has 0 aromatic carbocycles. The van der Waals surface area contributed by atoms with Crippen LogP contribution in [0.15, 0.2) is 36.8 Å². The predicted molar refractivity (Wildman–Crippen MR) is 62.8 cm³/mol. The number of hydrogen-bond acceptors (Lipinski definition) is 3. The Balaban J connectivity index is 2.27. The quantitative estimate of drug-likeness (QED) is 0.846. The van der Waals surface area contributed by atoms with Crippen LogP contribution >= 0.6 is 0 Å². The Hall–Kier alpha value is -1.68. The predicted octanol–water partition coefficient (Wildman–Crippen LogP) is 1.74. The molecule has 2 heterocycles. The summed E-state index contributed by atoms with van der Waals surface area (Å²) in [4.78, 5) is 8.57. The molecule has 0 radical (unpaired) electrons. The van der Waals surface area contributed by atoms with Gasteiger partial charge in [-0.2, -0.15) is 0 Å². The van der Waals surface area contributed by atoms with Crippen molar-refractivity contribution in [1.29, 1.82) is 0 Å². The lowest BCUT2D eigenvalue weighted by Crippen LogP contribution is -2.18. The first-order valence-corrected chi connectivity index (χ1v) is 5.50. The average molecular weight is 216 g/mol. The lowest BCUT2D eigenvalue weighted by Gasteiger charge is -2.12. The van der Waals surface area contributed by atoms with Gasteiger partial charge in [-0.3, -0.25) is 4.98 Å². The van der Waals surface area contributed by atoms with E-state index in [4.69, 9.17) is 5.73 Å². The minimum absolute atomic E-state index is 0.247. The molecule has 0 saturated heterocycles. The fraction of sp³-hybridized carbons (Fsp3) is 0.333. The molecule has 2 rings (SSSR count). The first kappa shape index (κ1) is 10.8. The molecule has 0 aliphatic carbocycles. The van der Waals surface area contributed by atoms with Gasteiger partial charge >= 0.3 is 0 Å². The van der Waals surface area contributed by atoms with E-state index >= 15 is 0 Å². The average Bonchev–Trinajstić information content (AvgIpc) is 2.78. The summed E-state index contributed by atoms with van der Waals surface area (Å²) in [6.45, 7) is 3.08. The Kier molecular flexibility index (Phi) is 3.31. The fourth-order valence-electron chi connectivity index (χ4n) is 1.72. The highest BCUT2D eigenvalue weighted by Gasteiger charge is 2.14. The largest absolute Gasteiger partial charge is 0.333 e. The van der Waals surface area contributed by atoms with E-state index in [0.29, 0.717) is 0 Å². The van der Waals surface area contributed by atoms with Crippen molar-refractivity contribution in [2.75, 3.05) is 0 Å². The van der Waals surface area contributed by atoms with E-state index in [-0.39, 0.29) is 6.04 Å². The highest BCUT2D eigenvalue weighted by Crippen LogP contribution is 2.15. The van der Waals surface area contributed by atoms with Gasteiger partial charge in [0, 0.05) is 25.1 Å². The maximum absolute atomic E-state index is 6.15. The number of pyridine rings is 1. The Morgan fingerprint density at radius 2 is 2.19 bits per heavy atom. The van der Waals surface area contributed by atoms with Crippen LogP contribution in [0.2, 0.25) is 0 Å². The van der Waals surface area contributed by atoms with Crippen LogP contribution in [0.5, 0.6) is 0 Å². The summed E-state index contributed by atoms with van der Waals surface area (Å²) < 4.78 is 2.08. The van der Waals surface area contributed by atoms with Crippen LogP contribution in [-0.4, -0.2) is 14.5 Å². The molecule has 4 heteroatoms. The molecule has 0 spiro atoms. The van der Waals surface area contributed by atoms with Crippen LogP contribution in [-0.2, 0) is 6.54 Å². The Morgan fingerprint density at radius 3 is 2.88 bits per heavy atom. The smallest absolute Gasteiger partial charge is 0.131 e. The van der Waals surface area contributed by atoms with Gasteiger partial charge in [-0.15, -0.1) is 0 Å². The van der Waals surface area contributed by atoms with E-state index in [1.165, 1.54) is 0 Å². The molecule has 2 N–H and O–H groups in total. The molecule has 16 heavy (non-hydrogen) atoms. The second kappa shape index (κ2) is 4.90. The van der Waals surface area contributed by atoms with Crippen molar-refractivity contribution in [3.05, 3.63) is 48.3 Å². The van der Waals surface area contributed by atoms with Gasteiger partial charge in [0.05, 0.1) is 5.69 Å². The molecule has 1 atom stereocenters. The van der Waals surface area contributed by atoms with Crippen molar-refractivity contribution >= 4 is 0 Å². The number of nitrogens with two attached hydrogens (primary N) is 1. The van der Waals surface area contributed by atoms with Crippen LogP contribution in [0.25, 0.3) is 0 Å². The summed E-state index contributed by atoms with van der Waals surface area (Å²) in [6.07, 6.45) is 6.57. The van der Waals surface area contributed by atoms with Gasteiger partial charge in [-0.05, 0) is 18.6 Å². The zero-order chi connectivity index (χ0) is 11.4. The van der Waals surface area contributed by atoms with E-state index < -0.39 is 0 Å². The van der Waals surface area contributed by atoms with E-state index in [2.05, 4.69) is 21.5 Å². The second-order valence-corrected chi connectivity index (χ2v) is 3.71. The molecule has 2 aromatic rings. The summed E-state index contributed by atoms with van der Waals surface area (Å²) in [5.41, 5.74) is 7.00. The topological polar surface area (TPSA) is 56.7 Å². The third-order valence-corrected chi connectivity index (χ3v) is 2.50. The van der Waals surface area contributed by atoms with E-state index in [1.54, 1.807) is 12.4 Å². The van der Waals surface area contributed by atoms with Crippen molar-refractivity contribution in [3.8, 4) is 0 Å². The zero-order valence-corrected chi connectivity index (χ0v) is 9.37. The van der Waals surface area contributed by atoms with Crippen molar-refractivity contribution in [2.24, 2.45) is 5.73 Å². The lowest BCUT2D eigenvalue weighted by atomic mass is 10.2. The highest BCUT2D eigenvalue weighted by atomic mass is 15.1. The van der Waals surface area contributed by atoms with Crippen molar-refractivity contribution < 1.29 is 0 Å². The molecule has 2 aromatic heterocycles. The summed E-state index contributed by atoms with van der Waals surface area (Å²) in [5.74, 6) is 0.876. The van der Waals surface area contributed by atoms with Gasteiger partial charge in [-0.25, -0.2) is 4.98 Å². The normalized spacial score (nSPS) is 12.6. The van der Waals surface area contributed by atoms with E-state index in [9.17, 15) is 0 Å². The number of imidazole rings is 1. The molecule has 0 aliphatic rings. The monoisotopic (exact) mass is 216 g/mol. The van der Waals surface area contributed by atoms with Crippen molar-refractivity contribution in [3.63, 3.8) is 0 Å². The third kappa shape index (κ3) is 2.12. The van der Waals surface area contributed by atoms with Gasteiger partial charge in [0.2, 0.25) is 0 Å². The molecule has 0 saturated carbocycles. The summed E-state index contributed by atoms with van der Waals surface area (Å²) in [5, 5.41) is 0. The van der Waals surface area contributed by atoms with Gasteiger partial charge in [0.25, 0.3) is 0 Å². The molecule has 0 fully saturated rings. The SMILES string of the molecule is CCCn1ccnc1C(N)c1ccccn1.